The maximum atomic E-state index is 12.4. The molecule has 1 aromatic heterocycles. The topological polar surface area (TPSA) is 86.8 Å². The fourth-order valence-electron chi connectivity index (χ4n) is 2.06. The molecule has 0 fully saturated rings. The Bertz CT molecular complexity index is 756. The van der Waals surface area contributed by atoms with E-state index >= 15 is 0 Å². The minimum absolute atomic E-state index is 0.156. The first-order valence-corrected chi connectivity index (χ1v) is 7.08. The lowest BCUT2D eigenvalue weighted by Gasteiger charge is -2.14. The Hall–Kier alpha value is -3.09. The molecule has 0 saturated carbocycles. The number of esters is 1. The van der Waals surface area contributed by atoms with Gasteiger partial charge in [-0.1, -0.05) is 0 Å². The first-order chi connectivity index (χ1) is 11.5. The highest BCUT2D eigenvalue weighted by atomic mass is 16.5. The average molecular weight is 330 g/mol. The number of amides is 1. The van der Waals surface area contributed by atoms with Crippen LogP contribution in [0.2, 0.25) is 0 Å². The van der Waals surface area contributed by atoms with Crippen LogP contribution in [0.15, 0.2) is 30.5 Å². The summed E-state index contributed by atoms with van der Waals surface area (Å²) in [6, 6.07) is 6.33. The number of nitrogens with one attached hydrogen (secondary N) is 1. The van der Waals surface area contributed by atoms with Gasteiger partial charge in [-0.15, -0.1) is 0 Å². The predicted octanol–water partition coefficient (Wildman–Crippen LogP) is 2.45. The van der Waals surface area contributed by atoms with Crippen molar-refractivity contribution in [2.45, 2.75) is 6.92 Å². The van der Waals surface area contributed by atoms with Gasteiger partial charge in [0.25, 0.3) is 5.91 Å². The molecule has 1 N–H and O–H groups in total. The van der Waals surface area contributed by atoms with E-state index in [0.717, 1.165) is 5.69 Å². The van der Waals surface area contributed by atoms with Gasteiger partial charge in [0.1, 0.15) is 0 Å². The molecule has 0 spiro atoms. The van der Waals surface area contributed by atoms with Crippen LogP contribution in [0.3, 0.4) is 0 Å². The maximum absolute atomic E-state index is 12.4. The SMILES string of the molecule is COC(=O)c1cc(OC)c(OC)cc1NC(=O)c1ccc(C)nc1. The molecule has 7 nitrogen and oxygen atoms in total. The molecule has 2 aromatic rings. The second-order valence-electron chi connectivity index (χ2n) is 4.89. The number of carbonyl (C=O) groups excluding carboxylic acids is 2. The molecule has 0 atom stereocenters. The van der Waals surface area contributed by atoms with E-state index in [9.17, 15) is 9.59 Å². The molecular formula is C17H18N2O5. The van der Waals surface area contributed by atoms with Crippen LogP contribution in [0.4, 0.5) is 5.69 Å². The van der Waals surface area contributed by atoms with Crippen LogP contribution in [0, 0.1) is 6.92 Å². The molecule has 7 heteroatoms. The molecule has 0 aliphatic heterocycles. The number of methoxy groups -OCH3 is 3. The number of nitrogens with zero attached hydrogens (tertiary/aromatic N) is 1. The van der Waals surface area contributed by atoms with Crippen LogP contribution in [-0.4, -0.2) is 38.2 Å². The van der Waals surface area contributed by atoms with Gasteiger partial charge in [-0.25, -0.2) is 4.79 Å². The number of hydrogen-bond acceptors (Lipinski definition) is 6. The molecule has 1 heterocycles. The molecular weight excluding hydrogens is 312 g/mol. The van der Waals surface area contributed by atoms with Crippen LogP contribution < -0.4 is 14.8 Å². The van der Waals surface area contributed by atoms with Crippen molar-refractivity contribution in [3.63, 3.8) is 0 Å². The monoisotopic (exact) mass is 330 g/mol. The molecule has 1 amide bonds. The predicted molar refractivity (Wildman–Crippen MR) is 87.8 cm³/mol. The van der Waals surface area contributed by atoms with Gasteiger partial charge < -0.3 is 19.5 Å². The zero-order valence-corrected chi connectivity index (χ0v) is 13.9. The highest BCUT2D eigenvalue weighted by Gasteiger charge is 2.19. The fraction of sp³-hybridized carbons (Fsp3) is 0.235. The molecule has 0 saturated heterocycles. The standard InChI is InChI=1S/C17H18N2O5/c1-10-5-6-11(9-18-10)16(20)19-13-8-15(23-3)14(22-2)7-12(13)17(21)24-4/h5-9H,1-4H3,(H,19,20). The van der Waals surface area contributed by atoms with Crippen molar-refractivity contribution in [3.8, 4) is 11.5 Å². The van der Waals surface area contributed by atoms with Gasteiger partial charge in [-0.3, -0.25) is 9.78 Å². The first-order valence-electron chi connectivity index (χ1n) is 7.08. The Balaban J connectivity index is 2.41. The summed E-state index contributed by atoms with van der Waals surface area (Å²) in [6.45, 7) is 1.82. The minimum atomic E-state index is -0.603. The van der Waals surface area contributed by atoms with Gasteiger partial charge in [0.2, 0.25) is 0 Å². The third-order valence-corrected chi connectivity index (χ3v) is 3.35. The molecule has 0 aliphatic rings. The van der Waals surface area contributed by atoms with Crippen molar-refractivity contribution in [2.24, 2.45) is 0 Å². The fourth-order valence-corrected chi connectivity index (χ4v) is 2.06. The van der Waals surface area contributed by atoms with Crippen molar-refractivity contribution < 1.29 is 23.8 Å². The number of carbonyl (C=O) groups is 2. The zero-order valence-electron chi connectivity index (χ0n) is 13.9. The second-order valence-corrected chi connectivity index (χ2v) is 4.89. The van der Waals surface area contributed by atoms with Crippen molar-refractivity contribution in [1.29, 1.82) is 0 Å². The average Bonchev–Trinajstić information content (AvgIpc) is 2.61. The number of pyridine rings is 1. The molecule has 0 radical (unpaired) electrons. The Kier molecular flexibility index (Phi) is 5.36. The molecule has 126 valence electrons. The van der Waals surface area contributed by atoms with E-state index in [1.807, 2.05) is 6.92 Å². The molecule has 1 aromatic carbocycles. The van der Waals surface area contributed by atoms with Gasteiger partial charge in [-0.05, 0) is 19.1 Å². The van der Waals surface area contributed by atoms with E-state index in [-0.39, 0.29) is 11.3 Å². The van der Waals surface area contributed by atoms with E-state index in [4.69, 9.17) is 14.2 Å². The Labute approximate surface area is 139 Å². The summed E-state index contributed by atoms with van der Waals surface area (Å²) in [4.78, 5) is 28.4. The van der Waals surface area contributed by atoms with Crippen molar-refractivity contribution in [1.82, 2.24) is 4.98 Å². The zero-order chi connectivity index (χ0) is 17.7. The highest BCUT2D eigenvalue weighted by Crippen LogP contribution is 2.34. The second kappa shape index (κ2) is 7.45. The van der Waals surface area contributed by atoms with Crippen LogP contribution in [0.25, 0.3) is 0 Å². The summed E-state index contributed by atoms with van der Waals surface area (Å²) in [5.74, 6) is -0.274. The van der Waals surface area contributed by atoms with Gasteiger partial charge in [0.15, 0.2) is 11.5 Å². The lowest BCUT2D eigenvalue weighted by atomic mass is 10.1. The molecule has 0 aliphatic carbocycles. The van der Waals surface area contributed by atoms with E-state index in [2.05, 4.69) is 10.3 Å². The summed E-state index contributed by atoms with van der Waals surface area (Å²) < 4.78 is 15.1. The number of rotatable bonds is 5. The quantitative estimate of drug-likeness (QED) is 0.847. The Morgan fingerprint density at radius 2 is 1.71 bits per heavy atom. The van der Waals surface area contributed by atoms with Crippen LogP contribution in [0.1, 0.15) is 26.4 Å². The van der Waals surface area contributed by atoms with Gasteiger partial charge in [0.05, 0.1) is 38.1 Å². The van der Waals surface area contributed by atoms with Gasteiger partial charge >= 0.3 is 5.97 Å². The van der Waals surface area contributed by atoms with E-state index in [0.29, 0.717) is 17.1 Å². The lowest BCUT2D eigenvalue weighted by molar-refractivity contribution is 0.0601. The molecule has 2 rings (SSSR count). The van der Waals surface area contributed by atoms with Crippen molar-refractivity contribution >= 4 is 17.6 Å². The maximum Gasteiger partial charge on any atom is 0.340 e. The lowest BCUT2D eigenvalue weighted by Crippen LogP contribution is -2.16. The minimum Gasteiger partial charge on any atom is -0.493 e. The number of aromatic nitrogens is 1. The molecule has 24 heavy (non-hydrogen) atoms. The summed E-state index contributed by atoms with van der Waals surface area (Å²) in [7, 11) is 4.18. The first kappa shape index (κ1) is 17.3. The van der Waals surface area contributed by atoms with Crippen LogP contribution in [0.5, 0.6) is 11.5 Å². The number of ether oxygens (including phenoxy) is 3. The summed E-state index contributed by atoms with van der Waals surface area (Å²) in [5, 5.41) is 2.67. The number of hydrogen-bond donors (Lipinski definition) is 1. The van der Waals surface area contributed by atoms with Crippen molar-refractivity contribution in [3.05, 3.63) is 47.3 Å². The van der Waals surface area contributed by atoms with Gasteiger partial charge in [-0.2, -0.15) is 0 Å². The smallest absolute Gasteiger partial charge is 0.340 e. The third kappa shape index (κ3) is 3.62. The normalized spacial score (nSPS) is 10.0. The molecule has 0 bridgehead atoms. The summed E-state index contributed by atoms with van der Waals surface area (Å²) >= 11 is 0. The number of benzene rings is 1. The highest BCUT2D eigenvalue weighted by molar-refractivity contribution is 6.08. The largest absolute Gasteiger partial charge is 0.493 e. The van der Waals surface area contributed by atoms with Crippen LogP contribution >= 0.6 is 0 Å². The summed E-state index contributed by atoms with van der Waals surface area (Å²) in [6.07, 6.45) is 1.46. The van der Waals surface area contributed by atoms with E-state index in [1.165, 1.54) is 39.7 Å². The Morgan fingerprint density at radius 1 is 1.04 bits per heavy atom. The van der Waals surface area contributed by atoms with Crippen molar-refractivity contribution in [2.75, 3.05) is 26.6 Å². The summed E-state index contributed by atoms with van der Waals surface area (Å²) in [5.41, 5.74) is 1.58. The number of aryl methyl sites for hydroxylation is 1. The van der Waals surface area contributed by atoms with Gasteiger partial charge in [0, 0.05) is 24.0 Å². The molecule has 0 unspecified atom stereocenters. The van der Waals surface area contributed by atoms with E-state index < -0.39 is 11.9 Å². The Morgan fingerprint density at radius 3 is 2.25 bits per heavy atom. The third-order valence-electron chi connectivity index (χ3n) is 3.35. The number of anilines is 1. The van der Waals surface area contributed by atoms with Crippen LogP contribution in [-0.2, 0) is 4.74 Å². The van der Waals surface area contributed by atoms with E-state index in [1.54, 1.807) is 12.1 Å².